The van der Waals surface area contributed by atoms with Gasteiger partial charge in [-0.3, -0.25) is 14.7 Å². The second kappa shape index (κ2) is 6.63. The van der Waals surface area contributed by atoms with E-state index in [0.29, 0.717) is 39.1 Å². The van der Waals surface area contributed by atoms with Gasteiger partial charge in [-0.15, -0.1) is 0 Å². The van der Waals surface area contributed by atoms with Crippen LogP contribution in [0.15, 0.2) is 70.4 Å². The predicted octanol–water partition coefficient (Wildman–Crippen LogP) is 3.24. The maximum Gasteiger partial charge on any atom is 0.261 e. The highest BCUT2D eigenvalue weighted by molar-refractivity contribution is 6.06. The smallest absolute Gasteiger partial charge is 0.261 e. The van der Waals surface area contributed by atoms with E-state index in [-0.39, 0.29) is 16.8 Å². The van der Waals surface area contributed by atoms with Crippen molar-refractivity contribution in [1.29, 1.82) is 0 Å². The van der Waals surface area contributed by atoms with Crippen molar-refractivity contribution < 1.29 is 4.74 Å². The number of pyridine rings is 2. The molecule has 0 spiro atoms. The van der Waals surface area contributed by atoms with E-state index in [1.807, 2.05) is 37.3 Å². The van der Waals surface area contributed by atoms with Crippen LogP contribution in [0.5, 0.6) is 11.6 Å². The van der Waals surface area contributed by atoms with Crippen LogP contribution in [0.4, 0.5) is 5.82 Å². The molecule has 0 unspecified atom stereocenters. The third kappa shape index (κ3) is 2.82. The van der Waals surface area contributed by atoms with Gasteiger partial charge in [-0.1, -0.05) is 18.2 Å². The number of hydrogen-bond acceptors (Lipinski definition) is 5. The molecule has 0 aliphatic carbocycles. The van der Waals surface area contributed by atoms with E-state index >= 15 is 0 Å². The highest BCUT2D eigenvalue weighted by Crippen LogP contribution is 2.28. The van der Waals surface area contributed by atoms with Gasteiger partial charge >= 0.3 is 0 Å². The first-order valence-corrected chi connectivity index (χ1v) is 9.27. The molecule has 4 N–H and O–H groups in total. The molecule has 3 heterocycles. The van der Waals surface area contributed by atoms with E-state index < -0.39 is 0 Å². The largest absolute Gasteiger partial charge is 0.439 e. The lowest BCUT2D eigenvalue weighted by atomic mass is 10.1. The number of nitrogens with two attached hydrogens (primary N) is 1. The molecule has 0 amide bonds. The van der Waals surface area contributed by atoms with Crippen molar-refractivity contribution >= 4 is 27.6 Å². The van der Waals surface area contributed by atoms with Crippen molar-refractivity contribution in [3.63, 3.8) is 0 Å². The van der Waals surface area contributed by atoms with Crippen LogP contribution >= 0.6 is 0 Å². The van der Waals surface area contributed by atoms with Crippen LogP contribution in [0.25, 0.3) is 27.5 Å². The number of fused-ring (bicyclic) bond motifs is 3. The molecule has 0 saturated heterocycles. The van der Waals surface area contributed by atoms with E-state index in [4.69, 9.17) is 10.5 Å². The number of aryl methyl sites for hydroxylation is 1. The minimum atomic E-state index is -0.370. The highest BCUT2D eigenvalue weighted by Gasteiger charge is 2.17. The molecule has 8 heteroatoms. The van der Waals surface area contributed by atoms with Crippen molar-refractivity contribution in [2.75, 3.05) is 5.73 Å². The first-order chi connectivity index (χ1) is 14.5. The lowest BCUT2D eigenvalue weighted by Crippen LogP contribution is -2.10. The number of ether oxygens (including phenoxy) is 1. The number of nitrogen functional groups attached to an aromatic ring is 1. The SMILES string of the molecule is Cc1cc(Oc2ccccc2)ncc1-n1[nH]c2c(c1N)c(=O)[nH]c1cc(=O)ccc12. The van der Waals surface area contributed by atoms with Crippen molar-refractivity contribution in [2.45, 2.75) is 6.92 Å². The Labute approximate surface area is 169 Å². The maximum atomic E-state index is 12.6. The molecule has 0 radical (unpaired) electrons. The number of rotatable bonds is 3. The summed E-state index contributed by atoms with van der Waals surface area (Å²) in [4.78, 5) is 31.4. The van der Waals surface area contributed by atoms with Gasteiger partial charge in [0.05, 0.1) is 22.9 Å². The van der Waals surface area contributed by atoms with Crippen LogP contribution in [0.3, 0.4) is 0 Å². The Morgan fingerprint density at radius 1 is 1.07 bits per heavy atom. The van der Waals surface area contributed by atoms with Crippen molar-refractivity contribution in [2.24, 2.45) is 0 Å². The fraction of sp³-hybridized carbons (Fsp3) is 0.0455. The monoisotopic (exact) mass is 399 g/mol. The van der Waals surface area contributed by atoms with Crippen molar-refractivity contribution in [3.8, 4) is 17.3 Å². The first kappa shape index (κ1) is 17.7. The quantitative estimate of drug-likeness (QED) is 0.430. The summed E-state index contributed by atoms with van der Waals surface area (Å²) in [5, 5.41) is 4.20. The third-order valence-corrected chi connectivity index (χ3v) is 4.97. The number of aromatic amines is 2. The lowest BCUT2D eigenvalue weighted by Gasteiger charge is -2.11. The second-order valence-electron chi connectivity index (χ2n) is 6.97. The Bertz CT molecular complexity index is 1530. The average Bonchev–Trinajstić information content (AvgIpc) is 3.06. The summed E-state index contributed by atoms with van der Waals surface area (Å²) in [5.74, 6) is 1.38. The predicted molar refractivity (Wildman–Crippen MR) is 115 cm³/mol. The summed E-state index contributed by atoms with van der Waals surface area (Å²) in [6, 6.07) is 15.7. The fourth-order valence-corrected chi connectivity index (χ4v) is 3.53. The molecule has 0 aliphatic heterocycles. The van der Waals surface area contributed by atoms with E-state index in [9.17, 15) is 9.59 Å². The molecule has 5 rings (SSSR count). The molecular weight excluding hydrogens is 382 g/mol. The zero-order valence-corrected chi connectivity index (χ0v) is 16.0. The normalized spacial score (nSPS) is 11.2. The number of anilines is 1. The summed E-state index contributed by atoms with van der Waals surface area (Å²) in [5.41, 5.74) is 8.29. The van der Waals surface area contributed by atoms with Crippen LogP contribution < -0.4 is 21.5 Å². The van der Waals surface area contributed by atoms with Gasteiger partial charge in [0.25, 0.3) is 5.56 Å². The molecule has 0 aliphatic rings. The summed E-state index contributed by atoms with van der Waals surface area (Å²) >= 11 is 0. The second-order valence-corrected chi connectivity index (χ2v) is 6.97. The molecule has 0 bridgehead atoms. The molecule has 148 valence electrons. The van der Waals surface area contributed by atoms with E-state index in [1.165, 1.54) is 12.1 Å². The van der Waals surface area contributed by atoms with Gasteiger partial charge in [0.15, 0.2) is 5.43 Å². The number of hydrogen-bond donors (Lipinski definition) is 3. The molecule has 5 aromatic rings. The molecule has 0 atom stereocenters. The average molecular weight is 399 g/mol. The molecule has 0 fully saturated rings. The van der Waals surface area contributed by atoms with E-state index in [1.54, 1.807) is 23.0 Å². The zero-order chi connectivity index (χ0) is 20.8. The number of aromatic nitrogens is 4. The molecule has 2 aromatic carbocycles. The molecular formula is C22H17N5O3. The Kier molecular flexibility index (Phi) is 3.92. The third-order valence-electron chi connectivity index (χ3n) is 4.97. The molecule has 0 saturated carbocycles. The Morgan fingerprint density at radius 2 is 1.87 bits per heavy atom. The van der Waals surface area contributed by atoms with Crippen LogP contribution in [0.1, 0.15) is 5.56 Å². The number of para-hydroxylation sites is 1. The Morgan fingerprint density at radius 3 is 2.63 bits per heavy atom. The van der Waals surface area contributed by atoms with Gasteiger partial charge in [0.1, 0.15) is 17.0 Å². The number of nitrogens with one attached hydrogen (secondary N) is 2. The van der Waals surface area contributed by atoms with Crippen molar-refractivity contribution in [1.82, 2.24) is 19.7 Å². The van der Waals surface area contributed by atoms with Crippen LogP contribution in [0, 0.1) is 6.92 Å². The highest BCUT2D eigenvalue weighted by atomic mass is 16.5. The Hall–Kier alpha value is -4.33. The van der Waals surface area contributed by atoms with E-state index in [2.05, 4.69) is 15.1 Å². The van der Waals surface area contributed by atoms with Gasteiger partial charge in [-0.05, 0) is 36.8 Å². The molecule has 8 nitrogen and oxygen atoms in total. The standard InChI is InChI=1S/C22H17N5O3/c1-12-9-18(30-14-5-3-2-4-6-14)24-11-17(12)27-21(23)19-20(26-27)15-8-7-13(28)10-16(15)25-22(19)29/h2-11,26H,23H2,1H3,(H,25,29). The van der Waals surface area contributed by atoms with Crippen LogP contribution in [-0.2, 0) is 0 Å². The Balaban J connectivity index is 1.65. The van der Waals surface area contributed by atoms with Crippen molar-refractivity contribution in [3.05, 3.63) is 86.9 Å². The fourth-order valence-electron chi connectivity index (χ4n) is 3.53. The van der Waals surface area contributed by atoms with Gasteiger partial charge in [-0.2, -0.15) is 0 Å². The summed E-state index contributed by atoms with van der Waals surface area (Å²) < 4.78 is 7.39. The summed E-state index contributed by atoms with van der Waals surface area (Å²) in [6.07, 6.45) is 1.63. The zero-order valence-electron chi connectivity index (χ0n) is 16.0. The van der Waals surface area contributed by atoms with Crippen LogP contribution in [0.2, 0.25) is 0 Å². The summed E-state index contributed by atoms with van der Waals surface area (Å²) in [6.45, 7) is 1.90. The van der Waals surface area contributed by atoms with Gasteiger partial charge in [-0.25, -0.2) is 9.67 Å². The topological polar surface area (TPSA) is 119 Å². The molecule has 3 aromatic heterocycles. The minimum Gasteiger partial charge on any atom is -0.439 e. The maximum absolute atomic E-state index is 12.6. The van der Waals surface area contributed by atoms with Gasteiger partial charge in [0, 0.05) is 17.5 Å². The van der Waals surface area contributed by atoms with E-state index in [0.717, 1.165) is 5.56 Å². The number of benzene rings is 2. The molecule has 30 heavy (non-hydrogen) atoms. The van der Waals surface area contributed by atoms with Gasteiger partial charge in [0.2, 0.25) is 5.88 Å². The number of nitrogens with zero attached hydrogens (tertiary/aromatic N) is 2. The number of H-pyrrole nitrogens is 2. The summed E-state index contributed by atoms with van der Waals surface area (Å²) in [7, 11) is 0. The van der Waals surface area contributed by atoms with Gasteiger partial charge < -0.3 is 15.5 Å². The first-order valence-electron chi connectivity index (χ1n) is 9.27. The minimum absolute atomic E-state index is 0.182. The van der Waals surface area contributed by atoms with Crippen LogP contribution in [-0.4, -0.2) is 19.7 Å². The lowest BCUT2D eigenvalue weighted by molar-refractivity contribution is 0.462.